The fraction of sp³-hybridized carbons (Fsp3) is 0.481. The van der Waals surface area contributed by atoms with Crippen molar-refractivity contribution in [3.63, 3.8) is 0 Å². The van der Waals surface area contributed by atoms with Crippen molar-refractivity contribution >= 4 is 23.5 Å². The molecule has 0 aliphatic heterocycles. The lowest BCUT2D eigenvalue weighted by atomic mass is 9.81. The molecule has 1 aliphatic carbocycles. The van der Waals surface area contributed by atoms with Crippen molar-refractivity contribution in [2.24, 2.45) is 0 Å². The number of benzene rings is 2. The minimum Gasteiger partial charge on any atom is -0.466 e. The molecule has 1 aliphatic rings. The molecule has 0 spiro atoms. The Labute approximate surface area is 202 Å². The van der Waals surface area contributed by atoms with Crippen LogP contribution in [0.5, 0.6) is 0 Å². The highest BCUT2D eigenvalue weighted by atomic mass is 35.5. The number of unbranched alkanes of at least 4 members (excludes halogenated alkanes) is 1. The van der Waals surface area contributed by atoms with E-state index >= 15 is 0 Å². The van der Waals surface area contributed by atoms with Gasteiger partial charge < -0.3 is 15.0 Å². The van der Waals surface area contributed by atoms with Gasteiger partial charge in [-0.2, -0.15) is 0 Å². The van der Waals surface area contributed by atoms with E-state index in [1.54, 1.807) is 24.3 Å². The Morgan fingerprint density at radius 1 is 1.00 bits per heavy atom. The molecular formula is C27H35ClN2O3. The lowest BCUT2D eigenvalue weighted by Gasteiger charge is -2.35. The Kier molecular flexibility index (Phi) is 9.76. The number of hydrogen-bond acceptors (Lipinski definition) is 4. The summed E-state index contributed by atoms with van der Waals surface area (Å²) in [7, 11) is 1.92. The van der Waals surface area contributed by atoms with Crippen LogP contribution in [0.25, 0.3) is 0 Å². The lowest BCUT2D eigenvalue weighted by molar-refractivity contribution is -0.141. The van der Waals surface area contributed by atoms with Gasteiger partial charge in [0.15, 0.2) is 0 Å². The molecule has 178 valence electrons. The van der Waals surface area contributed by atoms with E-state index in [-0.39, 0.29) is 17.9 Å². The molecule has 1 amide bonds. The number of rotatable bonds is 10. The van der Waals surface area contributed by atoms with Crippen LogP contribution < -0.4 is 5.32 Å². The van der Waals surface area contributed by atoms with Gasteiger partial charge in [0.05, 0.1) is 6.61 Å². The molecule has 0 heterocycles. The molecule has 0 aromatic heterocycles. The third kappa shape index (κ3) is 7.86. The first kappa shape index (κ1) is 25.3. The van der Waals surface area contributed by atoms with Crippen molar-refractivity contribution in [2.45, 2.75) is 64.0 Å². The van der Waals surface area contributed by atoms with Gasteiger partial charge in [0, 0.05) is 37.1 Å². The van der Waals surface area contributed by atoms with E-state index in [2.05, 4.69) is 29.6 Å². The van der Waals surface area contributed by atoms with E-state index in [0.717, 1.165) is 51.6 Å². The first-order chi connectivity index (χ1) is 15.9. The van der Waals surface area contributed by atoms with Crippen LogP contribution in [0.2, 0.25) is 5.02 Å². The fourth-order valence-corrected chi connectivity index (χ4v) is 4.59. The summed E-state index contributed by atoms with van der Waals surface area (Å²) in [4.78, 5) is 25.4. The Hall–Kier alpha value is -2.37. The number of ether oxygens (including phenoxy) is 1. The second-order valence-electron chi connectivity index (χ2n) is 8.89. The molecule has 1 fully saturated rings. The molecular weight excluding hydrogens is 436 g/mol. The highest BCUT2D eigenvalue weighted by molar-refractivity contribution is 6.30. The highest BCUT2D eigenvalue weighted by Crippen LogP contribution is 2.35. The number of halogens is 1. The third-order valence-corrected chi connectivity index (χ3v) is 6.74. The molecule has 6 heteroatoms. The summed E-state index contributed by atoms with van der Waals surface area (Å²) in [5, 5.41) is 4.09. The summed E-state index contributed by atoms with van der Waals surface area (Å²) in [6, 6.07) is 16.4. The van der Waals surface area contributed by atoms with Gasteiger partial charge in [-0.15, -0.1) is 0 Å². The van der Waals surface area contributed by atoms with Crippen LogP contribution in [-0.4, -0.2) is 43.0 Å². The van der Waals surface area contributed by atoms with Crippen molar-refractivity contribution in [3.05, 3.63) is 70.2 Å². The van der Waals surface area contributed by atoms with Gasteiger partial charge in [-0.1, -0.05) is 35.9 Å². The maximum Gasteiger partial charge on any atom is 0.302 e. The maximum atomic E-state index is 12.8. The van der Waals surface area contributed by atoms with E-state index in [1.807, 2.05) is 11.9 Å². The topological polar surface area (TPSA) is 58.6 Å². The molecule has 3 rings (SSSR count). The van der Waals surface area contributed by atoms with E-state index in [4.69, 9.17) is 16.3 Å². The second kappa shape index (κ2) is 12.8. The molecule has 0 atom stereocenters. The molecule has 0 radical (unpaired) electrons. The number of hydrogen-bond donors (Lipinski definition) is 1. The van der Waals surface area contributed by atoms with Gasteiger partial charge in [0.1, 0.15) is 0 Å². The number of nitrogens with zero attached hydrogens (tertiary/aromatic N) is 1. The molecule has 33 heavy (non-hydrogen) atoms. The predicted octanol–water partition coefficient (Wildman–Crippen LogP) is 5.57. The van der Waals surface area contributed by atoms with Gasteiger partial charge >= 0.3 is 5.97 Å². The quantitative estimate of drug-likeness (QED) is 0.364. The third-order valence-electron chi connectivity index (χ3n) is 6.49. The molecule has 0 unspecified atom stereocenters. The standard InChI is InChI=1S/C27H35ClN2O3/c1-20(31)33-18-4-3-17-29-19-21-5-7-22(8-6-21)23-11-15-26(16-12-23)30(2)27(32)24-9-13-25(28)14-10-24/h5-10,13-14,23,26,29H,3-4,11-12,15-19H2,1-2H3. The predicted molar refractivity (Wildman–Crippen MR) is 133 cm³/mol. The number of carbonyl (C=O) groups excluding carboxylic acids is 2. The summed E-state index contributed by atoms with van der Waals surface area (Å²) in [6.07, 6.45) is 6.12. The largest absolute Gasteiger partial charge is 0.466 e. The average Bonchev–Trinajstić information content (AvgIpc) is 2.83. The zero-order valence-corrected chi connectivity index (χ0v) is 20.4. The molecule has 2 aromatic carbocycles. The smallest absolute Gasteiger partial charge is 0.302 e. The Balaban J connectivity index is 1.39. The van der Waals surface area contributed by atoms with Crippen molar-refractivity contribution in [2.75, 3.05) is 20.2 Å². The summed E-state index contributed by atoms with van der Waals surface area (Å²) in [5.74, 6) is 0.414. The van der Waals surface area contributed by atoms with Gasteiger partial charge in [-0.05, 0) is 86.4 Å². The molecule has 1 saturated carbocycles. The van der Waals surface area contributed by atoms with Crippen molar-refractivity contribution in [3.8, 4) is 0 Å². The van der Waals surface area contributed by atoms with Crippen LogP contribution in [0.3, 0.4) is 0 Å². The van der Waals surface area contributed by atoms with E-state index in [0.29, 0.717) is 23.1 Å². The van der Waals surface area contributed by atoms with Gasteiger partial charge in [-0.3, -0.25) is 9.59 Å². The Bertz CT molecular complexity index is 891. The van der Waals surface area contributed by atoms with Gasteiger partial charge in [0.25, 0.3) is 5.91 Å². The molecule has 2 aromatic rings. The zero-order chi connectivity index (χ0) is 23.6. The molecule has 0 saturated heterocycles. The van der Waals surface area contributed by atoms with Gasteiger partial charge in [0.2, 0.25) is 0 Å². The van der Waals surface area contributed by atoms with Crippen molar-refractivity contribution in [1.29, 1.82) is 0 Å². The van der Waals surface area contributed by atoms with Crippen LogP contribution in [0, 0.1) is 0 Å². The monoisotopic (exact) mass is 470 g/mol. The van der Waals surface area contributed by atoms with Gasteiger partial charge in [-0.25, -0.2) is 0 Å². The first-order valence-electron chi connectivity index (χ1n) is 11.9. The number of carbonyl (C=O) groups is 2. The Morgan fingerprint density at radius 3 is 2.30 bits per heavy atom. The van der Waals surface area contributed by atoms with E-state index in [1.165, 1.54) is 18.1 Å². The minimum atomic E-state index is -0.213. The normalized spacial score (nSPS) is 18.0. The fourth-order valence-electron chi connectivity index (χ4n) is 4.47. The summed E-state index contributed by atoms with van der Waals surface area (Å²) in [5.41, 5.74) is 3.36. The SMILES string of the molecule is CC(=O)OCCCCNCc1ccc(C2CCC(N(C)C(=O)c3ccc(Cl)cc3)CC2)cc1. The minimum absolute atomic E-state index is 0.0679. The first-order valence-corrected chi connectivity index (χ1v) is 12.3. The van der Waals surface area contributed by atoms with Crippen LogP contribution in [0.4, 0.5) is 0 Å². The number of esters is 1. The number of amides is 1. The van der Waals surface area contributed by atoms with Crippen LogP contribution in [0.15, 0.2) is 48.5 Å². The molecule has 5 nitrogen and oxygen atoms in total. The Morgan fingerprint density at radius 2 is 1.67 bits per heavy atom. The lowest BCUT2D eigenvalue weighted by Crippen LogP contribution is -2.39. The van der Waals surface area contributed by atoms with E-state index in [9.17, 15) is 9.59 Å². The highest BCUT2D eigenvalue weighted by Gasteiger charge is 2.27. The average molecular weight is 471 g/mol. The number of nitrogens with one attached hydrogen (secondary N) is 1. The van der Waals surface area contributed by atoms with Crippen LogP contribution in [0.1, 0.15) is 72.9 Å². The van der Waals surface area contributed by atoms with Crippen LogP contribution in [-0.2, 0) is 16.1 Å². The molecule has 1 N–H and O–H groups in total. The summed E-state index contributed by atoms with van der Waals surface area (Å²) < 4.78 is 4.94. The second-order valence-corrected chi connectivity index (χ2v) is 9.33. The van der Waals surface area contributed by atoms with Crippen molar-refractivity contribution in [1.82, 2.24) is 10.2 Å². The maximum absolute atomic E-state index is 12.8. The zero-order valence-electron chi connectivity index (χ0n) is 19.7. The summed E-state index contributed by atoms with van der Waals surface area (Å²) >= 11 is 5.94. The van der Waals surface area contributed by atoms with E-state index < -0.39 is 0 Å². The molecule has 0 bridgehead atoms. The summed E-state index contributed by atoms with van der Waals surface area (Å²) in [6.45, 7) is 3.70. The van der Waals surface area contributed by atoms with Crippen molar-refractivity contribution < 1.29 is 14.3 Å². The van der Waals surface area contributed by atoms with Crippen LogP contribution >= 0.6 is 11.6 Å².